The Morgan fingerprint density at radius 1 is 0.485 bits per heavy atom. The van der Waals surface area contributed by atoms with Crippen LogP contribution in [-0.2, 0) is 39.5 Å². The van der Waals surface area contributed by atoms with Crippen molar-refractivity contribution in [2.24, 2.45) is 0 Å². The first-order valence-corrected chi connectivity index (χ1v) is 49.4. The van der Waals surface area contributed by atoms with Crippen molar-refractivity contribution in [1.82, 2.24) is 87.4 Å². The van der Waals surface area contributed by atoms with Crippen molar-refractivity contribution in [1.29, 1.82) is 0 Å². The molecule has 4 aliphatic rings. The van der Waals surface area contributed by atoms with E-state index in [2.05, 4.69) is 137 Å². The number of H-pyrrole nitrogens is 4. The Hall–Kier alpha value is -12.4. The van der Waals surface area contributed by atoms with Crippen LogP contribution >= 0.6 is 45.8 Å². The Balaban J connectivity index is 0.000000125. The lowest BCUT2D eigenvalue weighted by atomic mass is 10.1. The summed E-state index contributed by atoms with van der Waals surface area (Å²) in [6.07, 6.45) is 26.0. The molecular formula is C93H102Cl2IN25O8S3. The zero-order valence-corrected chi connectivity index (χ0v) is 78.9. The van der Waals surface area contributed by atoms with E-state index in [1.54, 1.807) is 104 Å². The molecule has 0 amide bonds. The van der Waals surface area contributed by atoms with Crippen LogP contribution < -0.4 is 37.6 Å². The monoisotopic (exact) mass is 1990 g/mol. The van der Waals surface area contributed by atoms with Gasteiger partial charge in [0.25, 0.3) is 30.1 Å². The number of aromatic amines is 4. The van der Waals surface area contributed by atoms with Crippen LogP contribution in [0.5, 0.6) is 0 Å². The minimum atomic E-state index is -3.96. The van der Waals surface area contributed by atoms with Gasteiger partial charge >= 0.3 is 0 Å². The number of fused-ring (bicyclic) bond motifs is 7. The number of nitrogens with one attached hydrogen (secondary N) is 10. The van der Waals surface area contributed by atoms with Crippen LogP contribution in [0.15, 0.2) is 192 Å². The zero-order valence-electron chi connectivity index (χ0n) is 72.8. The highest BCUT2D eigenvalue weighted by atomic mass is 127. The normalized spacial score (nSPS) is 14.3. The summed E-state index contributed by atoms with van der Waals surface area (Å²) in [5.74, 6) is 3.41. The van der Waals surface area contributed by atoms with E-state index in [1.165, 1.54) is 27.0 Å². The maximum Gasteiger partial charge on any atom is 0.269 e. The molecule has 11 aromatic heterocycles. The fourth-order valence-corrected chi connectivity index (χ4v) is 19.8. The molecule has 4 saturated carbocycles. The van der Waals surface area contributed by atoms with E-state index >= 15 is 0 Å². The van der Waals surface area contributed by atoms with Gasteiger partial charge in [-0.3, -0.25) is 15.3 Å². The largest absolute Gasteiger partial charge is 0.399 e. The highest BCUT2D eigenvalue weighted by molar-refractivity contribution is 14.1. The number of hydrogen-bond donors (Lipinski definition) is 11. The quantitative estimate of drug-likeness (QED) is 0.00897. The van der Waals surface area contributed by atoms with Crippen molar-refractivity contribution in [3.8, 4) is 0 Å². The molecule has 2 atom stereocenters. The molecule has 33 nitrogen and oxygen atoms in total. The fourth-order valence-electron chi connectivity index (χ4n) is 14.6. The van der Waals surface area contributed by atoms with Crippen LogP contribution in [0.1, 0.15) is 158 Å². The third kappa shape index (κ3) is 21.1. The van der Waals surface area contributed by atoms with Gasteiger partial charge in [0.2, 0.25) is 22.5 Å². The molecule has 2 unspecified atom stereocenters. The molecule has 0 bridgehead atoms. The summed E-state index contributed by atoms with van der Waals surface area (Å²) in [4.78, 5) is 40.0. The van der Waals surface area contributed by atoms with Crippen LogP contribution in [0, 0.1) is 24.3 Å². The van der Waals surface area contributed by atoms with Gasteiger partial charge in [0, 0.05) is 116 Å². The second kappa shape index (κ2) is 39.6. The van der Waals surface area contributed by atoms with Gasteiger partial charge in [0.15, 0.2) is 16.9 Å². The van der Waals surface area contributed by atoms with Gasteiger partial charge in [-0.25, -0.2) is 47.1 Å². The SMILES string of the molecule is C.C=Cc1cn(S(=O)(=O)c2ccc(C)cc2)c2nc(Cl)nc(NC3CC3)c12.CCCCOC(C)c1c[nH]c2nc(Nc3ccc4cn[nH]c4c3)nc(NC3CC3)c12.CCCCOC(C)c1cn(S(=O)(=O)c2ccc(C)cc2)c2nc(Nc3ccc4cn[nH]c4c3)nc(NC3CC3)c12.Cc1ccc(S(=O)(=O)n2cc(I)c3c(NC4CC4)nc(Cl)nc32)cc1.Nc1ccc2cn[nH]c2c1. The molecule has 0 saturated heterocycles. The molecule has 132 heavy (non-hydrogen) atoms. The van der Waals surface area contributed by atoms with E-state index in [9.17, 15) is 25.3 Å². The molecule has 0 aliphatic heterocycles. The first-order valence-electron chi connectivity index (χ1n) is 43.3. The second-order valence-electron chi connectivity index (χ2n) is 32.9. The van der Waals surface area contributed by atoms with Crippen LogP contribution in [-0.4, -0.2) is 150 Å². The number of unbranched alkanes of at least 4 members (excludes halogenated alkanes) is 2. The van der Waals surface area contributed by atoms with Gasteiger partial charge in [-0.05, 0) is 236 Å². The number of benzene rings is 6. The summed E-state index contributed by atoms with van der Waals surface area (Å²) in [5, 5.41) is 47.2. The number of nitrogens with two attached hydrogens (primary N) is 1. The number of aryl methyl sites for hydroxylation is 3. The summed E-state index contributed by atoms with van der Waals surface area (Å²) in [6, 6.07) is 39.2. The van der Waals surface area contributed by atoms with Crippen molar-refractivity contribution in [2.45, 2.75) is 184 Å². The molecule has 17 aromatic rings. The van der Waals surface area contributed by atoms with Crippen molar-refractivity contribution in [3.63, 3.8) is 0 Å². The van der Waals surface area contributed by atoms with E-state index in [4.69, 9.17) is 58.3 Å². The smallest absolute Gasteiger partial charge is 0.269 e. The molecule has 0 spiro atoms. The zero-order chi connectivity index (χ0) is 91.6. The molecule has 11 heterocycles. The van der Waals surface area contributed by atoms with Gasteiger partial charge in [-0.2, -0.15) is 45.2 Å². The average molecular weight is 1990 g/mol. The standard InChI is InChI=1S/C29H33N7O3S.C22H27N7O.C18H17ClN4O2S.C16H14ClIN4O2S.C7H7N3.CH4/c1-4-5-14-39-19(3)24-17-36(40(37,38)23-12-6-18(2)7-13-23)28-26(24)27(31-21-10-11-21)33-29(34-28)32-22-9-8-20-16-30-35-25(20)15-22;1-3-4-9-30-13(2)17-12-23-20-19(17)21(25-15-7-8-15)28-22(27-20)26-16-6-5-14-11-24-29-18(14)10-16;1-3-12-10-23(26(24,25)14-8-4-11(2)5-9-14)17-15(12)16(20-13-6-7-13)21-18(19)22-17;1-9-2-6-11(7-3-9)25(23,24)22-8-12(18)13-14(19-10-4-5-10)20-16(17)21-15(13)22;8-6-2-1-5-4-9-10-7(5)3-6;/h6-9,12-13,15-17,19,21H,4-5,10-11,14H2,1-3H3,(H,30,35)(H2,31,32,33,34);5-6,10-13,15H,3-4,7-9H2,1-2H3,(H,24,29)(H3,23,25,26,27,28);3-5,8-10,13H,1,6-7H2,2H3,(H,20,21,22);2-3,6-8,10H,4-5H2,1H3,(H,19,20,21);1-4H,8H2,(H,9,10);1H4. The Morgan fingerprint density at radius 2 is 0.871 bits per heavy atom. The van der Waals surface area contributed by atoms with E-state index in [1.807, 2.05) is 94.7 Å². The molecule has 21 rings (SSSR count). The number of aromatic nitrogens is 18. The number of halogens is 3. The number of rotatable bonds is 29. The maximum atomic E-state index is 14.0. The summed E-state index contributed by atoms with van der Waals surface area (Å²) < 4.78 is 97.0. The summed E-state index contributed by atoms with van der Waals surface area (Å²) >= 11 is 14.2. The Morgan fingerprint density at radius 3 is 1.32 bits per heavy atom. The lowest BCUT2D eigenvalue weighted by molar-refractivity contribution is 0.0645. The maximum absolute atomic E-state index is 14.0. The van der Waals surface area contributed by atoms with Gasteiger partial charge in [0.1, 0.15) is 28.9 Å². The Bertz CT molecular complexity index is 7440. The van der Waals surface area contributed by atoms with Crippen molar-refractivity contribution >= 4 is 211 Å². The predicted molar refractivity (Wildman–Crippen MR) is 532 cm³/mol. The Kier molecular flexibility index (Phi) is 27.9. The molecule has 39 heteroatoms. The minimum Gasteiger partial charge on any atom is -0.399 e. The van der Waals surface area contributed by atoms with Crippen LogP contribution in [0.4, 0.5) is 52.2 Å². The number of ether oxygens (including phenoxy) is 2. The first kappa shape index (κ1) is 92.9. The number of hydrogen-bond acceptors (Lipinski definition) is 26. The van der Waals surface area contributed by atoms with Crippen molar-refractivity contribution in [2.75, 3.05) is 50.8 Å². The third-order valence-electron chi connectivity index (χ3n) is 22.5. The Labute approximate surface area is 786 Å². The molecule has 4 fully saturated rings. The number of nitrogen functional groups attached to an aromatic ring is 1. The average Bonchev–Trinajstić information content (AvgIpc) is 1.59. The van der Waals surface area contributed by atoms with Crippen molar-refractivity contribution < 1.29 is 34.7 Å². The molecular weight excluding hydrogens is 1890 g/mol. The molecule has 4 aliphatic carbocycles. The van der Waals surface area contributed by atoms with Crippen molar-refractivity contribution in [3.05, 3.63) is 225 Å². The molecule has 6 aromatic carbocycles. The first-order chi connectivity index (χ1) is 63.2. The molecule has 686 valence electrons. The summed E-state index contributed by atoms with van der Waals surface area (Å²) in [7, 11) is -11.6. The van der Waals surface area contributed by atoms with Crippen LogP contribution in [0.3, 0.4) is 0 Å². The second-order valence-corrected chi connectivity index (χ2v) is 40.2. The minimum absolute atomic E-state index is 0. The van der Waals surface area contributed by atoms with Crippen LogP contribution in [0.25, 0.3) is 82.9 Å². The predicted octanol–water partition coefficient (Wildman–Crippen LogP) is 20.5. The fraction of sp³-hybridized carbons (Fsp3) is 0.301. The summed E-state index contributed by atoms with van der Waals surface area (Å²) in [6.45, 7) is 19.2. The molecule has 0 radical (unpaired) electrons. The topological polar surface area (TPSA) is 439 Å². The van der Waals surface area contributed by atoms with Gasteiger partial charge < -0.3 is 52.1 Å². The van der Waals surface area contributed by atoms with Gasteiger partial charge in [-0.15, -0.1) is 0 Å². The van der Waals surface area contributed by atoms with E-state index in [0.717, 1.165) is 173 Å². The lowest BCUT2D eigenvalue weighted by Gasteiger charge is -2.15. The molecule has 12 N–H and O–H groups in total. The van der Waals surface area contributed by atoms with E-state index in [-0.39, 0.29) is 62.2 Å². The van der Waals surface area contributed by atoms with E-state index in [0.29, 0.717) is 81.5 Å². The van der Waals surface area contributed by atoms with Crippen LogP contribution in [0.2, 0.25) is 10.6 Å². The number of anilines is 9. The number of nitrogens with zero attached hydrogens (tertiary/aromatic N) is 14. The highest BCUT2D eigenvalue weighted by Gasteiger charge is 2.34. The van der Waals surface area contributed by atoms with Gasteiger partial charge in [0.05, 0.1) is 83.6 Å². The van der Waals surface area contributed by atoms with E-state index < -0.39 is 30.1 Å². The summed E-state index contributed by atoms with van der Waals surface area (Å²) in [5.41, 5.74) is 17.8. The lowest BCUT2D eigenvalue weighted by Crippen LogP contribution is -2.14. The third-order valence-corrected chi connectivity index (χ3v) is 28.6. The highest BCUT2D eigenvalue weighted by Crippen LogP contribution is 2.42. The van der Waals surface area contributed by atoms with Gasteiger partial charge in [-0.1, -0.05) is 99.9 Å².